The van der Waals surface area contributed by atoms with Crippen molar-refractivity contribution in [3.05, 3.63) is 22.7 Å². The van der Waals surface area contributed by atoms with Gasteiger partial charge in [-0.1, -0.05) is 39.3 Å². The first-order valence-electron chi connectivity index (χ1n) is 8.93. The molecular weight excluding hydrogens is 384 g/mol. The third-order valence-electron chi connectivity index (χ3n) is 4.15. The summed E-state index contributed by atoms with van der Waals surface area (Å²) in [6.45, 7) is 9.14. The van der Waals surface area contributed by atoms with Crippen LogP contribution in [0.1, 0.15) is 45.0 Å². The van der Waals surface area contributed by atoms with Crippen LogP contribution >= 0.6 is 11.6 Å². The number of nitrogens with one attached hydrogen (secondary N) is 1. The number of ether oxygens (including phenoxy) is 3. The Morgan fingerprint density at radius 3 is 2.43 bits per heavy atom. The molecule has 1 N–H and O–H groups in total. The topological polar surface area (TPSA) is 97.6 Å². The molecule has 7 nitrogen and oxygen atoms in total. The van der Waals surface area contributed by atoms with Crippen LogP contribution in [0.4, 0.5) is 0 Å². The van der Waals surface area contributed by atoms with Gasteiger partial charge in [0.2, 0.25) is 0 Å². The van der Waals surface area contributed by atoms with E-state index in [1.807, 2.05) is 27.7 Å². The van der Waals surface area contributed by atoms with E-state index in [1.54, 1.807) is 6.92 Å². The molecule has 0 bridgehead atoms. The average Bonchev–Trinajstić information content (AvgIpc) is 2.63. The minimum absolute atomic E-state index is 0.112. The first-order chi connectivity index (χ1) is 13.0. The molecule has 0 unspecified atom stereocenters. The number of rotatable bonds is 9. The second-order valence-corrected chi connectivity index (χ2v) is 7.69. The van der Waals surface area contributed by atoms with Gasteiger partial charge in [-0.25, -0.2) is 4.79 Å². The predicted octanol–water partition coefficient (Wildman–Crippen LogP) is 3.59. The van der Waals surface area contributed by atoms with Crippen LogP contribution < -0.4 is 14.8 Å². The molecule has 0 aliphatic carbocycles. The molecule has 28 heavy (non-hydrogen) atoms. The lowest BCUT2D eigenvalue weighted by Gasteiger charge is -2.27. The van der Waals surface area contributed by atoms with E-state index in [9.17, 15) is 14.9 Å². The summed E-state index contributed by atoms with van der Waals surface area (Å²) in [6, 6.07) is 4.89. The van der Waals surface area contributed by atoms with Crippen molar-refractivity contribution in [2.24, 2.45) is 11.8 Å². The molecule has 0 spiro atoms. The first kappa shape index (κ1) is 23.6. The molecule has 0 saturated heterocycles. The van der Waals surface area contributed by atoms with Crippen LogP contribution in [0, 0.1) is 23.2 Å². The summed E-state index contributed by atoms with van der Waals surface area (Å²) in [7, 11) is 1.44. The standard InChI is InChI=1S/C20H27ClN2O5/c1-12(2)9-27-18-15(21)7-14(8-16(18)26-6)19(25)28-10-17(24)23-20(5,11-22)13(3)4/h7-8,12-13H,9-10H2,1-6H3,(H,23,24)/t20-/m0/s1. The van der Waals surface area contributed by atoms with Crippen molar-refractivity contribution in [1.29, 1.82) is 5.26 Å². The fraction of sp³-hybridized carbons (Fsp3) is 0.550. The molecule has 0 fully saturated rings. The summed E-state index contributed by atoms with van der Waals surface area (Å²) in [5.74, 6) is -0.502. The Morgan fingerprint density at radius 2 is 1.93 bits per heavy atom. The highest BCUT2D eigenvalue weighted by Gasteiger charge is 2.30. The third kappa shape index (κ3) is 6.31. The predicted molar refractivity (Wildman–Crippen MR) is 106 cm³/mol. The number of halogens is 1. The first-order valence-corrected chi connectivity index (χ1v) is 9.31. The van der Waals surface area contributed by atoms with Crippen molar-refractivity contribution in [3.63, 3.8) is 0 Å². The minimum atomic E-state index is -1.05. The zero-order chi connectivity index (χ0) is 21.5. The van der Waals surface area contributed by atoms with Gasteiger partial charge in [0.05, 0.1) is 30.4 Å². The Bertz CT molecular complexity index is 758. The highest BCUT2D eigenvalue weighted by Crippen LogP contribution is 2.36. The molecule has 154 valence electrons. The van der Waals surface area contributed by atoms with Crippen LogP contribution in [0.5, 0.6) is 11.5 Å². The van der Waals surface area contributed by atoms with Crippen molar-refractivity contribution in [1.82, 2.24) is 5.32 Å². The van der Waals surface area contributed by atoms with E-state index < -0.39 is 24.0 Å². The number of nitriles is 1. The number of methoxy groups -OCH3 is 1. The summed E-state index contributed by atoms with van der Waals surface area (Å²) < 4.78 is 15.9. The van der Waals surface area contributed by atoms with E-state index in [0.717, 1.165) is 0 Å². The molecule has 1 rings (SSSR count). The highest BCUT2D eigenvalue weighted by atomic mass is 35.5. The molecule has 0 aliphatic heterocycles. The Kier molecular flexibility index (Phi) is 8.58. The molecule has 1 aromatic carbocycles. The monoisotopic (exact) mass is 410 g/mol. The smallest absolute Gasteiger partial charge is 0.338 e. The van der Waals surface area contributed by atoms with E-state index >= 15 is 0 Å². The Morgan fingerprint density at radius 1 is 1.29 bits per heavy atom. The van der Waals surface area contributed by atoms with Crippen molar-refractivity contribution in [2.75, 3.05) is 20.3 Å². The van der Waals surface area contributed by atoms with Gasteiger partial charge in [-0.15, -0.1) is 0 Å². The molecule has 1 amide bonds. The van der Waals surface area contributed by atoms with Gasteiger partial charge < -0.3 is 19.5 Å². The maximum Gasteiger partial charge on any atom is 0.338 e. The normalized spacial score (nSPS) is 12.9. The molecule has 0 heterocycles. The summed E-state index contributed by atoms with van der Waals surface area (Å²) in [5, 5.41) is 12.0. The molecule has 1 atom stereocenters. The summed E-state index contributed by atoms with van der Waals surface area (Å²) in [6.07, 6.45) is 0. The number of esters is 1. The van der Waals surface area contributed by atoms with Gasteiger partial charge in [0.15, 0.2) is 18.1 Å². The summed E-state index contributed by atoms with van der Waals surface area (Å²) in [4.78, 5) is 24.3. The van der Waals surface area contributed by atoms with Crippen molar-refractivity contribution in [2.45, 2.75) is 40.2 Å². The van der Waals surface area contributed by atoms with E-state index in [0.29, 0.717) is 18.1 Å². The maximum atomic E-state index is 12.3. The summed E-state index contributed by atoms with van der Waals surface area (Å²) >= 11 is 6.22. The fourth-order valence-electron chi connectivity index (χ4n) is 2.07. The molecule has 0 radical (unpaired) electrons. The quantitative estimate of drug-likeness (QED) is 0.624. The number of hydrogen-bond acceptors (Lipinski definition) is 6. The lowest BCUT2D eigenvalue weighted by Crippen LogP contribution is -2.50. The molecule has 0 aliphatic rings. The van der Waals surface area contributed by atoms with E-state index in [-0.39, 0.29) is 22.4 Å². The largest absolute Gasteiger partial charge is 0.493 e. The number of nitrogens with zero attached hydrogens (tertiary/aromatic N) is 1. The lowest BCUT2D eigenvalue weighted by atomic mass is 9.90. The van der Waals surface area contributed by atoms with Crippen molar-refractivity contribution < 1.29 is 23.8 Å². The van der Waals surface area contributed by atoms with Crippen LogP contribution in [-0.2, 0) is 9.53 Å². The van der Waals surface area contributed by atoms with Gasteiger partial charge in [-0.05, 0) is 30.9 Å². The molecule has 0 aromatic heterocycles. The number of carbonyl (C=O) groups excluding carboxylic acids is 2. The van der Waals surface area contributed by atoms with E-state index in [4.69, 9.17) is 25.8 Å². The van der Waals surface area contributed by atoms with Gasteiger partial charge in [0, 0.05) is 0 Å². The van der Waals surface area contributed by atoms with Crippen molar-refractivity contribution >= 4 is 23.5 Å². The Balaban J connectivity index is 2.83. The van der Waals surface area contributed by atoms with Gasteiger partial charge in [-0.2, -0.15) is 5.26 Å². The molecule has 1 aromatic rings. The molecular formula is C20H27ClN2O5. The zero-order valence-electron chi connectivity index (χ0n) is 17.1. The van der Waals surface area contributed by atoms with Crippen LogP contribution in [0.2, 0.25) is 5.02 Å². The van der Waals surface area contributed by atoms with Crippen LogP contribution in [0.15, 0.2) is 12.1 Å². The number of hydrogen-bond donors (Lipinski definition) is 1. The SMILES string of the molecule is COc1cc(C(=O)OCC(=O)N[C@@](C)(C#N)C(C)C)cc(Cl)c1OCC(C)C. The van der Waals surface area contributed by atoms with Gasteiger partial charge in [0.1, 0.15) is 5.54 Å². The summed E-state index contributed by atoms with van der Waals surface area (Å²) in [5.41, 5.74) is -0.927. The van der Waals surface area contributed by atoms with E-state index in [2.05, 4.69) is 11.4 Å². The molecule has 0 saturated carbocycles. The number of benzene rings is 1. The number of carbonyl (C=O) groups is 2. The zero-order valence-corrected chi connectivity index (χ0v) is 17.8. The Hall–Kier alpha value is -2.46. The van der Waals surface area contributed by atoms with Gasteiger partial charge in [-0.3, -0.25) is 4.79 Å². The van der Waals surface area contributed by atoms with Gasteiger partial charge in [0.25, 0.3) is 5.91 Å². The third-order valence-corrected chi connectivity index (χ3v) is 4.43. The highest BCUT2D eigenvalue weighted by molar-refractivity contribution is 6.32. The second-order valence-electron chi connectivity index (χ2n) is 7.29. The van der Waals surface area contributed by atoms with Crippen LogP contribution in [0.25, 0.3) is 0 Å². The number of amides is 1. The second kappa shape index (κ2) is 10.2. The molecule has 8 heteroatoms. The minimum Gasteiger partial charge on any atom is -0.493 e. The average molecular weight is 411 g/mol. The fourth-order valence-corrected chi connectivity index (χ4v) is 2.33. The van der Waals surface area contributed by atoms with Crippen LogP contribution in [0.3, 0.4) is 0 Å². The van der Waals surface area contributed by atoms with Crippen LogP contribution in [-0.4, -0.2) is 37.7 Å². The van der Waals surface area contributed by atoms with Crippen molar-refractivity contribution in [3.8, 4) is 17.6 Å². The maximum absolute atomic E-state index is 12.3. The van der Waals surface area contributed by atoms with E-state index in [1.165, 1.54) is 19.2 Å². The lowest BCUT2D eigenvalue weighted by molar-refractivity contribution is -0.125. The van der Waals surface area contributed by atoms with Gasteiger partial charge >= 0.3 is 5.97 Å². The Labute approximate surface area is 170 Å².